The number of ketones is 1. The number of ether oxygens (including phenoxy) is 1. The Balaban J connectivity index is 2.31. The van der Waals surface area contributed by atoms with Crippen LogP contribution in [0.15, 0.2) is 18.3 Å². The number of pyridine rings is 1. The van der Waals surface area contributed by atoms with Gasteiger partial charge in [-0.05, 0) is 18.2 Å². The first-order chi connectivity index (χ1) is 8.76. The molecule has 0 aliphatic heterocycles. The first kappa shape index (κ1) is 15.0. The van der Waals surface area contributed by atoms with E-state index in [9.17, 15) is 4.79 Å². The maximum Gasteiger partial charge on any atom is 0.213 e. The van der Waals surface area contributed by atoms with Crippen molar-refractivity contribution in [1.82, 2.24) is 9.71 Å². The van der Waals surface area contributed by atoms with Gasteiger partial charge in [0.15, 0.2) is 0 Å². The molecule has 0 bridgehead atoms. The smallest absolute Gasteiger partial charge is 0.213 e. The molecule has 0 radical (unpaired) electrons. The highest BCUT2D eigenvalue weighted by Crippen LogP contribution is 2.09. The standard InChI is InChI=1S/C13H20N2O2S/c1-3-12(16)6-4-11-5-7-13(14-10-11)17-9-8-15-18-2/h5,7,10,15H,3-4,6,8-9H2,1-2H3. The monoisotopic (exact) mass is 268 g/mol. The van der Waals surface area contributed by atoms with Crippen LogP contribution in [0.2, 0.25) is 0 Å². The van der Waals surface area contributed by atoms with Crippen LogP contribution in [0.5, 0.6) is 5.88 Å². The second-order valence-electron chi connectivity index (χ2n) is 3.84. The molecule has 0 fully saturated rings. The molecule has 0 saturated heterocycles. The number of aryl methyl sites for hydroxylation is 1. The Kier molecular flexibility index (Phi) is 7.44. The van der Waals surface area contributed by atoms with Crippen molar-refractivity contribution in [2.45, 2.75) is 26.2 Å². The fourth-order valence-electron chi connectivity index (χ4n) is 1.40. The van der Waals surface area contributed by atoms with Crippen molar-refractivity contribution in [2.75, 3.05) is 19.4 Å². The molecule has 0 saturated carbocycles. The summed E-state index contributed by atoms with van der Waals surface area (Å²) in [6, 6.07) is 3.82. The maximum atomic E-state index is 11.2. The van der Waals surface area contributed by atoms with Crippen molar-refractivity contribution in [2.24, 2.45) is 0 Å². The molecule has 1 aromatic rings. The van der Waals surface area contributed by atoms with Gasteiger partial charge in [-0.2, -0.15) is 0 Å². The number of nitrogens with one attached hydrogen (secondary N) is 1. The van der Waals surface area contributed by atoms with Crippen molar-refractivity contribution < 1.29 is 9.53 Å². The number of carbonyl (C=O) groups is 1. The molecule has 4 nitrogen and oxygen atoms in total. The third kappa shape index (κ3) is 6.02. The minimum atomic E-state index is 0.290. The molecule has 1 heterocycles. The van der Waals surface area contributed by atoms with E-state index in [2.05, 4.69) is 9.71 Å². The molecular weight excluding hydrogens is 248 g/mol. The van der Waals surface area contributed by atoms with Gasteiger partial charge < -0.3 is 4.74 Å². The minimum absolute atomic E-state index is 0.290. The lowest BCUT2D eigenvalue weighted by molar-refractivity contribution is -0.118. The first-order valence-corrected chi connectivity index (χ1v) is 7.34. The van der Waals surface area contributed by atoms with Gasteiger partial charge in [0, 0.05) is 31.6 Å². The highest BCUT2D eigenvalue weighted by Gasteiger charge is 2.01. The molecule has 100 valence electrons. The summed E-state index contributed by atoms with van der Waals surface area (Å²) in [5.74, 6) is 0.918. The lowest BCUT2D eigenvalue weighted by Gasteiger charge is -2.06. The molecule has 5 heteroatoms. The molecule has 18 heavy (non-hydrogen) atoms. The maximum absolute atomic E-state index is 11.2. The van der Waals surface area contributed by atoms with Crippen molar-refractivity contribution in [1.29, 1.82) is 0 Å². The molecule has 0 spiro atoms. The van der Waals surface area contributed by atoms with Gasteiger partial charge in [0.25, 0.3) is 0 Å². The fourth-order valence-corrected chi connectivity index (χ4v) is 1.69. The normalized spacial score (nSPS) is 10.3. The predicted molar refractivity (Wildman–Crippen MR) is 74.9 cm³/mol. The van der Waals surface area contributed by atoms with E-state index in [4.69, 9.17) is 4.74 Å². The largest absolute Gasteiger partial charge is 0.476 e. The third-order valence-corrected chi connectivity index (χ3v) is 2.98. The fraction of sp³-hybridized carbons (Fsp3) is 0.538. The molecule has 0 atom stereocenters. The number of nitrogens with zero attached hydrogens (tertiary/aromatic N) is 1. The second-order valence-corrected chi connectivity index (χ2v) is 4.54. The molecule has 0 aliphatic carbocycles. The Morgan fingerprint density at radius 2 is 2.33 bits per heavy atom. The van der Waals surface area contributed by atoms with Crippen LogP contribution in [0.3, 0.4) is 0 Å². The van der Waals surface area contributed by atoms with E-state index in [-0.39, 0.29) is 0 Å². The summed E-state index contributed by atoms with van der Waals surface area (Å²) in [4.78, 5) is 15.4. The zero-order chi connectivity index (χ0) is 13.2. The van der Waals surface area contributed by atoms with Gasteiger partial charge in [-0.1, -0.05) is 24.9 Å². The van der Waals surface area contributed by atoms with Gasteiger partial charge in [0.05, 0.1) is 0 Å². The zero-order valence-corrected chi connectivity index (χ0v) is 11.8. The number of aromatic nitrogens is 1. The number of carbonyl (C=O) groups excluding carboxylic acids is 1. The van der Waals surface area contributed by atoms with Gasteiger partial charge in [0.2, 0.25) is 5.88 Å². The van der Waals surface area contributed by atoms with E-state index < -0.39 is 0 Å². The Hall–Kier alpha value is -1.07. The Labute approximate surface area is 113 Å². The van der Waals surface area contributed by atoms with E-state index in [0.717, 1.165) is 18.5 Å². The van der Waals surface area contributed by atoms with Gasteiger partial charge in [0.1, 0.15) is 12.4 Å². The minimum Gasteiger partial charge on any atom is -0.476 e. The summed E-state index contributed by atoms with van der Waals surface area (Å²) in [5.41, 5.74) is 1.08. The van der Waals surface area contributed by atoms with Gasteiger partial charge in [-0.3, -0.25) is 9.52 Å². The van der Waals surface area contributed by atoms with E-state index in [1.807, 2.05) is 25.3 Å². The second kappa shape index (κ2) is 8.94. The lowest BCUT2D eigenvalue weighted by atomic mass is 10.1. The van der Waals surface area contributed by atoms with Crippen LogP contribution < -0.4 is 9.46 Å². The first-order valence-electron chi connectivity index (χ1n) is 6.11. The van der Waals surface area contributed by atoms with E-state index in [1.54, 1.807) is 18.1 Å². The highest BCUT2D eigenvalue weighted by atomic mass is 32.2. The average Bonchev–Trinajstić information content (AvgIpc) is 2.42. The van der Waals surface area contributed by atoms with Crippen LogP contribution in [-0.4, -0.2) is 30.2 Å². The summed E-state index contributed by atoms with van der Waals surface area (Å²) >= 11 is 1.57. The number of hydrogen-bond donors (Lipinski definition) is 1. The number of rotatable bonds is 9. The third-order valence-electron chi connectivity index (χ3n) is 2.48. The van der Waals surface area contributed by atoms with E-state index in [0.29, 0.717) is 31.1 Å². The molecule has 1 rings (SSSR count). The zero-order valence-electron chi connectivity index (χ0n) is 10.9. The van der Waals surface area contributed by atoms with Crippen LogP contribution in [0, 0.1) is 0 Å². The van der Waals surface area contributed by atoms with E-state index in [1.165, 1.54) is 0 Å². The highest BCUT2D eigenvalue weighted by molar-refractivity contribution is 7.96. The summed E-state index contributed by atoms with van der Waals surface area (Å²) in [7, 11) is 0. The summed E-state index contributed by atoms with van der Waals surface area (Å²) in [5, 5.41) is 0. The van der Waals surface area contributed by atoms with Crippen LogP contribution in [0.1, 0.15) is 25.3 Å². The number of hydrogen-bond acceptors (Lipinski definition) is 5. The number of Topliss-reactive ketones (excluding diaryl/α,β-unsaturated/α-hetero) is 1. The summed E-state index contributed by atoms with van der Waals surface area (Å²) in [6.45, 7) is 3.28. The molecule has 1 N–H and O–H groups in total. The SMILES string of the molecule is CCC(=O)CCc1ccc(OCCNSC)nc1. The average molecular weight is 268 g/mol. The van der Waals surface area contributed by atoms with E-state index >= 15 is 0 Å². The lowest BCUT2D eigenvalue weighted by Crippen LogP contribution is -2.14. The van der Waals surface area contributed by atoms with Crippen LogP contribution in [0.4, 0.5) is 0 Å². The molecule has 0 aliphatic rings. The van der Waals surface area contributed by atoms with Gasteiger partial charge in [-0.25, -0.2) is 4.98 Å². The van der Waals surface area contributed by atoms with Crippen molar-refractivity contribution in [3.05, 3.63) is 23.9 Å². The molecule has 0 amide bonds. The molecule has 0 aromatic carbocycles. The summed E-state index contributed by atoms with van der Waals surface area (Å²) in [6.07, 6.45) is 5.71. The predicted octanol–water partition coefficient (Wildman–Crippen LogP) is 2.24. The van der Waals surface area contributed by atoms with Crippen LogP contribution in [-0.2, 0) is 11.2 Å². The Bertz CT molecular complexity index is 355. The quantitative estimate of drug-likeness (QED) is 0.550. The van der Waals surface area contributed by atoms with Crippen molar-refractivity contribution >= 4 is 17.7 Å². The van der Waals surface area contributed by atoms with Crippen molar-refractivity contribution in [3.8, 4) is 5.88 Å². The summed E-state index contributed by atoms with van der Waals surface area (Å²) < 4.78 is 8.55. The Morgan fingerprint density at radius 1 is 1.50 bits per heavy atom. The molecule has 0 unspecified atom stereocenters. The molecule has 1 aromatic heterocycles. The van der Waals surface area contributed by atoms with Gasteiger partial charge >= 0.3 is 0 Å². The Morgan fingerprint density at radius 3 is 2.94 bits per heavy atom. The van der Waals surface area contributed by atoms with Crippen molar-refractivity contribution in [3.63, 3.8) is 0 Å². The molecular formula is C13H20N2O2S. The topological polar surface area (TPSA) is 51.2 Å². The van der Waals surface area contributed by atoms with Crippen LogP contribution in [0.25, 0.3) is 0 Å². The van der Waals surface area contributed by atoms with Crippen LogP contribution >= 0.6 is 11.9 Å². The van der Waals surface area contributed by atoms with Gasteiger partial charge in [-0.15, -0.1) is 0 Å².